The number of carbonyl (C=O) groups excluding carboxylic acids is 2. The van der Waals surface area contributed by atoms with E-state index in [0.29, 0.717) is 24.1 Å². The van der Waals surface area contributed by atoms with Crippen LogP contribution in [-0.2, 0) is 24.3 Å². The molecule has 30 heavy (non-hydrogen) atoms. The third-order valence-corrected chi connectivity index (χ3v) is 6.25. The van der Waals surface area contributed by atoms with Crippen LogP contribution in [0.5, 0.6) is 0 Å². The molecule has 1 fully saturated rings. The van der Waals surface area contributed by atoms with Crippen molar-refractivity contribution >= 4 is 27.6 Å². The highest BCUT2D eigenvalue weighted by atomic mass is 32.2. The fraction of sp³-hybridized carbons (Fsp3) is 0.333. The van der Waals surface area contributed by atoms with E-state index >= 15 is 0 Å². The summed E-state index contributed by atoms with van der Waals surface area (Å²) < 4.78 is 43.3. The van der Waals surface area contributed by atoms with Crippen molar-refractivity contribution in [3.05, 3.63) is 66.0 Å². The lowest BCUT2D eigenvalue weighted by atomic mass is 9.98. The first-order valence-corrected chi connectivity index (χ1v) is 11.4. The van der Waals surface area contributed by atoms with Gasteiger partial charge in [-0.05, 0) is 37.1 Å². The summed E-state index contributed by atoms with van der Waals surface area (Å²) in [6.45, 7) is 0.465. The molecule has 2 aromatic carbocycles. The van der Waals surface area contributed by atoms with E-state index in [9.17, 15) is 22.4 Å². The molecule has 1 amide bonds. The van der Waals surface area contributed by atoms with Gasteiger partial charge in [-0.2, -0.15) is 0 Å². The van der Waals surface area contributed by atoms with Crippen LogP contribution in [-0.4, -0.2) is 43.9 Å². The molecule has 1 N–H and O–H groups in total. The highest BCUT2D eigenvalue weighted by Crippen LogP contribution is 2.26. The van der Waals surface area contributed by atoms with Crippen LogP contribution < -0.4 is 5.32 Å². The van der Waals surface area contributed by atoms with Gasteiger partial charge in [-0.15, -0.1) is 0 Å². The molecule has 1 atom stereocenters. The number of rotatable bonds is 6. The Balaban J connectivity index is 1.71. The summed E-state index contributed by atoms with van der Waals surface area (Å²) in [5, 5.41) is 2.63. The van der Waals surface area contributed by atoms with Crippen molar-refractivity contribution < 1.29 is 27.1 Å². The van der Waals surface area contributed by atoms with E-state index in [1.54, 1.807) is 30.3 Å². The van der Waals surface area contributed by atoms with Crippen LogP contribution in [0.2, 0.25) is 0 Å². The van der Waals surface area contributed by atoms with Crippen LogP contribution in [0.4, 0.5) is 10.1 Å². The molecule has 3 rings (SSSR count). The molecule has 0 saturated carbocycles. The molecule has 0 radical (unpaired) electrons. The Morgan fingerprint density at radius 3 is 2.23 bits per heavy atom. The average Bonchev–Trinajstić information content (AvgIpc) is 2.73. The van der Waals surface area contributed by atoms with Gasteiger partial charge < -0.3 is 10.1 Å². The molecule has 160 valence electrons. The van der Waals surface area contributed by atoms with Gasteiger partial charge >= 0.3 is 5.97 Å². The molecule has 0 spiro atoms. The van der Waals surface area contributed by atoms with E-state index < -0.39 is 39.7 Å². The number of amides is 1. The maximum Gasteiger partial charge on any atom is 0.310 e. The van der Waals surface area contributed by atoms with Gasteiger partial charge in [-0.25, -0.2) is 17.1 Å². The largest absolute Gasteiger partial charge is 0.447 e. The number of benzene rings is 2. The molecule has 1 aliphatic heterocycles. The van der Waals surface area contributed by atoms with E-state index in [4.69, 9.17) is 4.74 Å². The third-order valence-electron chi connectivity index (χ3n) is 4.94. The zero-order valence-electron chi connectivity index (χ0n) is 16.5. The minimum atomic E-state index is -3.30. The predicted octanol–water partition coefficient (Wildman–Crippen LogP) is 2.72. The number of hydrogen-bond donors (Lipinski definition) is 1. The Morgan fingerprint density at radius 2 is 1.67 bits per heavy atom. The Bertz CT molecular complexity index is 988. The molecule has 7 nitrogen and oxygen atoms in total. The van der Waals surface area contributed by atoms with Crippen molar-refractivity contribution in [2.75, 3.05) is 24.7 Å². The summed E-state index contributed by atoms with van der Waals surface area (Å²) in [5.74, 6) is -2.03. The number of esters is 1. The predicted molar refractivity (Wildman–Crippen MR) is 109 cm³/mol. The maximum absolute atomic E-state index is 13.1. The van der Waals surface area contributed by atoms with Gasteiger partial charge in [0, 0.05) is 24.3 Å². The van der Waals surface area contributed by atoms with E-state index in [-0.39, 0.29) is 13.1 Å². The van der Waals surface area contributed by atoms with E-state index in [0.717, 1.165) is 6.26 Å². The van der Waals surface area contributed by atoms with Gasteiger partial charge in [0.1, 0.15) is 5.82 Å². The van der Waals surface area contributed by atoms with Crippen molar-refractivity contribution in [3.8, 4) is 0 Å². The van der Waals surface area contributed by atoms with Crippen LogP contribution in [0, 0.1) is 11.7 Å². The molecule has 1 aliphatic rings. The zero-order chi connectivity index (χ0) is 21.7. The molecule has 0 aromatic heterocycles. The topological polar surface area (TPSA) is 92.8 Å². The summed E-state index contributed by atoms with van der Waals surface area (Å²) in [6.07, 6.45) is 0.605. The second kappa shape index (κ2) is 9.36. The van der Waals surface area contributed by atoms with Crippen LogP contribution in [0.15, 0.2) is 54.6 Å². The summed E-state index contributed by atoms with van der Waals surface area (Å²) in [4.78, 5) is 25.6. The molecular weight excluding hydrogens is 411 g/mol. The third kappa shape index (κ3) is 5.64. The van der Waals surface area contributed by atoms with Crippen molar-refractivity contribution in [2.24, 2.45) is 5.92 Å². The number of halogens is 1. The molecule has 1 heterocycles. The summed E-state index contributed by atoms with van der Waals surface area (Å²) in [6, 6.07) is 13.8. The molecule has 9 heteroatoms. The van der Waals surface area contributed by atoms with Gasteiger partial charge in [0.2, 0.25) is 16.1 Å². The van der Waals surface area contributed by atoms with Gasteiger partial charge in [0.25, 0.3) is 5.91 Å². The van der Waals surface area contributed by atoms with E-state index in [1.807, 2.05) is 0 Å². The first-order chi connectivity index (χ1) is 14.2. The van der Waals surface area contributed by atoms with Crippen molar-refractivity contribution in [2.45, 2.75) is 18.9 Å². The Kier molecular flexibility index (Phi) is 6.84. The van der Waals surface area contributed by atoms with Crippen LogP contribution in [0.1, 0.15) is 24.5 Å². The lowest BCUT2D eigenvalue weighted by molar-refractivity contribution is -0.160. The summed E-state index contributed by atoms with van der Waals surface area (Å²) >= 11 is 0. The van der Waals surface area contributed by atoms with Crippen molar-refractivity contribution in [1.29, 1.82) is 0 Å². The standard InChI is InChI=1S/C21H23FN2O5S/c1-30(27,28)24-13-11-16(12-14-24)21(26)29-19(15-5-3-2-4-6-15)20(25)23-18-9-7-17(22)8-10-18/h2-10,16,19H,11-14H2,1H3,(H,23,25). The highest BCUT2D eigenvalue weighted by molar-refractivity contribution is 7.88. The SMILES string of the molecule is CS(=O)(=O)N1CCC(C(=O)OC(C(=O)Nc2ccc(F)cc2)c2ccccc2)CC1. The molecule has 2 aromatic rings. The quantitative estimate of drug-likeness (QED) is 0.706. The van der Waals surface area contributed by atoms with Gasteiger partial charge in [0.15, 0.2) is 0 Å². The van der Waals surface area contributed by atoms with Gasteiger partial charge in [-0.1, -0.05) is 30.3 Å². The second-order valence-corrected chi connectivity index (χ2v) is 9.14. The van der Waals surface area contributed by atoms with Crippen LogP contribution in [0.3, 0.4) is 0 Å². The molecule has 0 bridgehead atoms. The fourth-order valence-corrected chi connectivity index (χ4v) is 4.15. The number of nitrogens with zero attached hydrogens (tertiary/aromatic N) is 1. The number of carbonyl (C=O) groups is 2. The maximum atomic E-state index is 13.1. The van der Waals surface area contributed by atoms with E-state index in [1.165, 1.54) is 28.6 Å². The minimum Gasteiger partial charge on any atom is -0.447 e. The lowest BCUT2D eigenvalue weighted by Gasteiger charge is -2.30. The number of nitrogens with one attached hydrogen (secondary N) is 1. The zero-order valence-corrected chi connectivity index (χ0v) is 17.3. The van der Waals surface area contributed by atoms with Gasteiger partial charge in [0.05, 0.1) is 12.2 Å². The first-order valence-electron chi connectivity index (χ1n) is 9.51. The number of piperidine rings is 1. The molecule has 1 saturated heterocycles. The Labute approximate surface area is 174 Å². The number of hydrogen-bond acceptors (Lipinski definition) is 5. The first kappa shape index (κ1) is 21.9. The minimum absolute atomic E-state index is 0.233. The van der Waals surface area contributed by atoms with Crippen LogP contribution >= 0.6 is 0 Å². The lowest BCUT2D eigenvalue weighted by Crippen LogP contribution is -2.40. The summed E-state index contributed by atoms with van der Waals surface area (Å²) in [7, 11) is -3.30. The molecule has 0 aliphatic carbocycles. The van der Waals surface area contributed by atoms with Gasteiger partial charge in [-0.3, -0.25) is 9.59 Å². The Morgan fingerprint density at radius 1 is 1.07 bits per heavy atom. The average molecular weight is 434 g/mol. The smallest absolute Gasteiger partial charge is 0.310 e. The molecule has 1 unspecified atom stereocenters. The Hall–Kier alpha value is -2.78. The highest BCUT2D eigenvalue weighted by Gasteiger charge is 2.33. The van der Waals surface area contributed by atoms with E-state index in [2.05, 4.69) is 5.32 Å². The number of sulfonamides is 1. The normalized spacial score (nSPS) is 16.6. The molecular formula is C21H23FN2O5S. The number of anilines is 1. The monoisotopic (exact) mass is 434 g/mol. The summed E-state index contributed by atoms with van der Waals surface area (Å²) in [5.41, 5.74) is 0.874. The second-order valence-electron chi connectivity index (χ2n) is 7.16. The van der Waals surface area contributed by atoms with Crippen LogP contribution in [0.25, 0.3) is 0 Å². The fourth-order valence-electron chi connectivity index (χ4n) is 3.28. The number of ether oxygens (including phenoxy) is 1. The van der Waals surface area contributed by atoms with Crippen molar-refractivity contribution in [1.82, 2.24) is 4.31 Å². The van der Waals surface area contributed by atoms with Crippen molar-refractivity contribution in [3.63, 3.8) is 0 Å².